The maximum absolute atomic E-state index is 14.6. The number of halogens is 1. The largest absolute Gasteiger partial charge is 0.458 e. The van der Waals surface area contributed by atoms with E-state index in [0.717, 1.165) is 16.5 Å². The highest BCUT2D eigenvalue weighted by atomic mass is 19.1. The number of pyridine rings is 2. The number of aliphatic hydroxyl groups is 1. The summed E-state index contributed by atoms with van der Waals surface area (Å²) in [5, 5.41) is 11.9. The Kier molecular flexibility index (Phi) is 6.35. The molecule has 200 valence electrons. The molecule has 2 aliphatic rings. The highest BCUT2D eigenvalue weighted by Gasteiger charge is 2.45. The number of ether oxygens (including phenoxy) is 1. The summed E-state index contributed by atoms with van der Waals surface area (Å²) < 4.78 is 21.3. The fourth-order valence-corrected chi connectivity index (χ4v) is 5.60. The molecule has 0 bridgehead atoms. The molecular formula is C28H31FN4O5. The van der Waals surface area contributed by atoms with Gasteiger partial charge in [0, 0.05) is 35.2 Å². The number of benzene rings is 1. The minimum Gasteiger partial charge on any atom is -0.458 e. The second kappa shape index (κ2) is 9.28. The van der Waals surface area contributed by atoms with Crippen LogP contribution in [0, 0.1) is 12.7 Å². The average Bonchev–Trinajstić information content (AvgIpc) is 3.25. The number of aryl methyl sites for hydroxylation is 1. The van der Waals surface area contributed by atoms with Crippen molar-refractivity contribution in [3.05, 3.63) is 62.2 Å². The second-order valence-corrected chi connectivity index (χ2v) is 10.3. The summed E-state index contributed by atoms with van der Waals surface area (Å²) in [5.74, 6) is -1.37. The van der Waals surface area contributed by atoms with Crippen LogP contribution >= 0.6 is 0 Å². The molecule has 0 radical (unpaired) electrons. The Morgan fingerprint density at radius 1 is 1.29 bits per heavy atom. The number of nitrogens with zero attached hydrogens (tertiary/aromatic N) is 3. The molecule has 0 saturated heterocycles. The van der Waals surface area contributed by atoms with E-state index in [1.54, 1.807) is 35.4 Å². The van der Waals surface area contributed by atoms with Crippen LogP contribution in [0.5, 0.6) is 0 Å². The van der Waals surface area contributed by atoms with Crippen LogP contribution in [0.15, 0.2) is 23.0 Å². The Labute approximate surface area is 219 Å². The zero-order chi connectivity index (χ0) is 27.5. The van der Waals surface area contributed by atoms with Crippen molar-refractivity contribution < 1.29 is 23.8 Å². The van der Waals surface area contributed by atoms with E-state index in [1.165, 1.54) is 6.07 Å². The number of esters is 1. The van der Waals surface area contributed by atoms with Gasteiger partial charge in [0.15, 0.2) is 5.60 Å². The van der Waals surface area contributed by atoms with Gasteiger partial charge >= 0.3 is 5.97 Å². The summed E-state index contributed by atoms with van der Waals surface area (Å²) >= 11 is 0. The van der Waals surface area contributed by atoms with Crippen molar-refractivity contribution in [2.24, 2.45) is 5.73 Å². The van der Waals surface area contributed by atoms with E-state index in [-0.39, 0.29) is 54.8 Å². The van der Waals surface area contributed by atoms with Gasteiger partial charge in [-0.15, -0.1) is 0 Å². The molecule has 0 aliphatic carbocycles. The van der Waals surface area contributed by atoms with E-state index in [0.29, 0.717) is 35.4 Å². The quantitative estimate of drug-likeness (QED) is 0.372. The molecule has 0 fully saturated rings. The summed E-state index contributed by atoms with van der Waals surface area (Å²) in [6.45, 7) is 7.44. The highest BCUT2D eigenvalue weighted by Crippen LogP contribution is 2.40. The second-order valence-electron chi connectivity index (χ2n) is 10.3. The number of carbonyl (C=O) groups excluding carboxylic acids is 2. The van der Waals surface area contributed by atoms with Crippen molar-refractivity contribution in [2.45, 2.75) is 65.3 Å². The van der Waals surface area contributed by atoms with Crippen LogP contribution < -0.4 is 11.3 Å². The molecule has 1 amide bonds. The zero-order valence-electron chi connectivity index (χ0n) is 21.9. The van der Waals surface area contributed by atoms with Gasteiger partial charge in [0.25, 0.3) is 5.56 Å². The van der Waals surface area contributed by atoms with Crippen molar-refractivity contribution in [2.75, 3.05) is 13.1 Å². The monoisotopic (exact) mass is 522 g/mol. The summed E-state index contributed by atoms with van der Waals surface area (Å²) in [4.78, 5) is 45.0. The van der Waals surface area contributed by atoms with Gasteiger partial charge in [-0.2, -0.15) is 0 Å². The first kappa shape index (κ1) is 26.0. The third kappa shape index (κ3) is 3.82. The summed E-state index contributed by atoms with van der Waals surface area (Å²) in [5.41, 5.74) is 7.28. The van der Waals surface area contributed by atoms with Gasteiger partial charge in [-0.05, 0) is 56.9 Å². The standard InChI is InChI=1S/C28H31FN4O5/c1-5-28(37)20-9-23-25-18(12-33(23)26(35)19(20)13-38-27(28)36)16(6-7-32(14(2)3)24(34)11-30)17-8-15(4)21(29)10-22(17)31-25/h8-10,14,37H,5-7,11-13,30H2,1-4H3/t28-/m0/s1. The van der Waals surface area contributed by atoms with Gasteiger partial charge in [-0.1, -0.05) is 6.92 Å². The van der Waals surface area contributed by atoms with Crippen molar-refractivity contribution in [3.63, 3.8) is 0 Å². The number of nitrogens with two attached hydrogens (primary N) is 1. The number of aromatic nitrogens is 2. The molecule has 3 N–H and O–H groups in total. The molecule has 0 unspecified atom stereocenters. The lowest BCUT2D eigenvalue weighted by molar-refractivity contribution is -0.172. The summed E-state index contributed by atoms with van der Waals surface area (Å²) in [7, 11) is 0. The third-order valence-corrected chi connectivity index (χ3v) is 7.81. The van der Waals surface area contributed by atoms with Gasteiger partial charge in [0.2, 0.25) is 5.91 Å². The van der Waals surface area contributed by atoms with Crippen molar-refractivity contribution in [1.29, 1.82) is 0 Å². The Balaban J connectivity index is 1.72. The lowest BCUT2D eigenvalue weighted by Gasteiger charge is -2.31. The molecule has 38 heavy (non-hydrogen) atoms. The molecule has 0 spiro atoms. The molecule has 10 heteroatoms. The number of hydrogen-bond acceptors (Lipinski definition) is 7. The SMILES string of the molecule is CC[C@@]1(O)C(=O)OCc2c1cc1n(c2=O)Cc2c-1nc1cc(F)c(C)cc1c2CCN(C(=O)CN)C(C)C. The van der Waals surface area contributed by atoms with Crippen molar-refractivity contribution in [3.8, 4) is 11.4 Å². The maximum Gasteiger partial charge on any atom is 0.343 e. The minimum absolute atomic E-state index is 0.0374. The van der Waals surface area contributed by atoms with Gasteiger partial charge in [-0.25, -0.2) is 14.2 Å². The molecule has 2 aromatic heterocycles. The zero-order valence-corrected chi connectivity index (χ0v) is 21.9. The normalized spacial score (nSPS) is 17.8. The first-order valence-corrected chi connectivity index (χ1v) is 12.8. The van der Waals surface area contributed by atoms with Crippen LogP contribution in [0.1, 0.15) is 55.0 Å². The molecule has 0 saturated carbocycles. The van der Waals surface area contributed by atoms with Crippen molar-refractivity contribution >= 4 is 22.8 Å². The van der Waals surface area contributed by atoms with E-state index in [9.17, 15) is 23.9 Å². The van der Waals surface area contributed by atoms with E-state index in [4.69, 9.17) is 15.5 Å². The highest BCUT2D eigenvalue weighted by molar-refractivity contribution is 5.89. The summed E-state index contributed by atoms with van der Waals surface area (Å²) in [6, 6.07) is 4.69. The Bertz CT molecular complexity index is 1560. The maximum atomic E-state index is 14.6. The van der Waals surface area contributed by atoms with Crippen LogP contribution in [0.2, 0.25) is 0 Å². The molecular weight excluding hydrogens is 491 g/mol. The third-order valence-electron chi connectivity index (χ3n) is 7.81. The topological polar surface area (TPSA) is 128 Å². The van der Waals surface area contributed by atoms with Crippen LogP contribution in [-0.4, -0.2) is 50.6 Å². The van der Waals surface area contributed by atoms with Crippen LogP contribution in [0.25, 0.3) is 22.3 Å². The van der Waals surface area contributed by atoms with Gasteiger partial charge in [-0.3, -0.25) is 9.59 Å². The molecule has 5 rings (SSSR count). The fraction of sp³-hybridized carbons (Fsp3) is 0.429. The molecule has 9 nitrogen and oxygen atoms in total. The van der Waals surface area contributed by atoms with Crippen LogP contribution in [0.4, 0.5) is 4.39 Å². The Morgan fingerprint density at radius 2 is 2.03 bits per heavy atom. The fourth-order valence-electron chi connectivity index (χ4n) is 5.60. The predicted octanol–water partition coefficient (Wildman–Crippen LogP) is 2.27. The number of carbonyl (C=O) groups is 2. The summed E-state index contributed by atoms with van der Waals surface area (Å²) in [6.07, 6.45) is 0.481. The average molecular weight is 523 g/mol. The number of amides is 1. The lowest BCUT2D eigenvalue weighted by Crippen LogP contribution is -2.44. The molecule has 1 atom stereocenters. The predicted molar refractivity (Wildman–Crippen MR) is 139 cm³/mol. The first-order valence-electron chi connectivity index (χ1n) is 12.8. The van der Waals surface area contributed by atoms with Gasteiger partial charge in [0.05, 0.1) is 35.6 Å². The van der Waals surface area contributed by atoms with Crippen LogP contribution in [0.3, 0.4) is 0 Å². The van der Waals surface area contributed by atoms with E-state index < -0.39 is 17.4 Å². The van der Waals surface area contributed by atoms with E-state index in [1.807, 2.05) is 13.8 Å². The lowest BCUT2D eigenvalue weighted by atomic mass is 9.86. The van der Waals surface area contributed by atoms with Crippen LogP contribution in [-0.2, 0) is 39.5 Å². The molecule has 3 aromatic rings. The number of rotatable bonds is 6. The number of cyclic esters (lactones) is 1. The smallest absolute Gasteiger partial charge is 0.343 e. The number of hydrogen-bond donors (Lipinski definition) is 2. The Hall–Kier alpha value is -3.63. The molecule has 4 heterocycles. The molecule has 2 aliphatic heterocycles. The van der Waals surface area contributed by atoms with E-state index in [2.05, 4.69) is 0 Å². The van der Waals surface area contributed by atoms with E-state index >= 15 is 0 Å². The van der Waals surface area contributed by atoms with Crippen molar-refractivity contribution in [1.82, 2.24) is 14.5 Å². The molecule has 1 aromatic carbocycles. The number of fused-ring (bicyclic) bond motifs is 5. The minimum atomic E-state index is -1.94. The van der Waals surface area contributed by atoms with Gasteiger partial charge < -0.3 is 25.0 Å². The first-order chi connectivity index (χ1) is 18.0. The Morgan fingerprint density at radius 3 is 2.68 bits per heavy atom. The van der Waals surface area contributed by atoms with Gasteiger partial charge in [0.1, 0.15) is 12.4 Å².